The van der Waals surface area contributed by atoms with Crippen molar-refractivity contribution in [2.45, 2.75) is 31.0 Å². The van der Waals surface area contributed by atoms with E-state index in [2.05, 4.69) is 0 Å². The summed E-state index contributed by atoms with van der Waals surface area (Å²) in [5, 5.41) is 8.93. The first-order chi connectivity index (χ1) is 10.9. The maximum atomic E-state index is 13.2. The van der Waals surface area contributed by atoms with Crippen LogP contribution < -0.4 is 5.73 Å². The second kappa shape index (κ2) is 8.17. The number of nitrogens with one attached hydrogen (secondary N) is 1. The molecule has 0 radical (unpaired) electrons. The minimum absolute atomic E-state index is 0.0238. The van der Waals surface area contributed by atoms with Crippen LogP contribution in [0.15, 0.2) is 24.3 Å². The number of hydrogen-bond donors (Lipinski definition) is 3. The van der Waals surface area contributed by atoms with Crippen molar-refractivity contribution in [3.8, 4) is 0 Å². The van der Waals surface area contributed by atoms with E-state index < -0.39 is 46.0 Å². The summed E-state index contributed by atoms with van der Waals surface area (Å²) < 4.78 is 59.4. The number of alkyl halides is 3. The molecule has 136 valence electrons. The first-order valence-corrected chi connectivity index (χ1v) is 9.24. The smallest absolute Gasteiger partial charge is 0.395 e. The zero-order valence-corrected chi connectivity index (χ0v) is 14.1. The zero-order valence-electron chi connectivity index (χ0n) is 12.6. The van der Waals surface area contributed by atoms with Gasteiger partial charge in [-0.05, 0) is 30.5 Å². The summed E-state index contributed by atoms with van der Waals surface area (Å²) in [6, 6.07) is 3.86. The summed E-state index contributed by atoms with van der Waals surface area (Å²) in [5.74, 6) is -4.02. The minimum atomic E-state index is -4.55. The number of aliphatic carboxylic acids is 1. The Morgan fingerprint density at radius 1 is 1.25 bits per heavy atom. The second-order valence-corrected chi connectivity index (χ2v) is 8.26. The van der Waals surface area contributed by atoms with Crippen LogP contribution in [0, 0.1) is 4.78 Å². The summed E-state index contributed by atoms with van der Waals surface area (Å²) in [6.45, 7) is 0. The van der Waals surface area contributed by atoms with Gasteiger partial charge >= 0.3 is 12.1 Å². The molecule has 0 saturated carbocycles. The highest BCUT2D eigenvalue weighted by molar-refractivity contribution is 7.92. The van der Waals surface area contributed by atoms with Gasteiger partial charge in [0.05, 0.1) is 5.92 Å². The van der Waals surface area contributed by atoms with Gasteiger partial charge in [-0.2, -0.15) is 13.2 Å². The third kappa shape index (κ3) is 6.66. The van der Waals surface area contributed by atoms with E-state index in [1.54, 1.807) is 0 Å². The molecule has 0 aliphatic carbocycles. The van der Waals surface area contributed by atoms with Gasteiger partial charge in [-0.25, -0.2) is 4.21 Å². The standard InChI is InChI=1S/C14H18ClF3N2O3S/c15-10-3-1-9(2-4-10)11(14(16,17)18)5-7-24(20,23)8-6-12(19)13(21)22/h1-4,11-12,20H,5-8,19H2,(H,21,22)/t11?,12-,24?/m0/s1. The summed E-state index contributed by atoms with van der Waals surface area (Å²) in [4.78, 5) is 10.6. The summed E-state index contributed by atoms with van der Waals surface area (Å²) in [5.41, 5.74) is 5.23. The highest BCUT2D eigenvalue weighted by Crippen LogP contribution is 2.38. The molecule has 0 spiro atoms. The fourth-order valence-corrected chi connectivity index (χ4v) is 3.65. The van der Waals surface area contributed by atoms with Crippen molar-refractivity contribution in [1.82, 2.24) is 0 Å². The van der Waals surface area contributed by atoms with Gasteiger partial charge < -0.3 is 10.8 Å². The fourth-order valence-electron chi connectivity index (χ4n) is 2.07. The maximum Gasteiger partial charge on any atom is 0.395 e. The van der Waals surface area contributed by atoms with E-state index in [9.17, 15) is 22.2 Å². The van der Waals surface area contributed by atoms with Crippen LogP contribution in [-0.2, 0) is 14.5 Å². The van der Waals surface area contributed by atoms with Crippen LogP contribution in [0.2, 0.25) is 5.02 Å². The van der Waals surface area contributed by atoms with Gasteiger partial charge in [-0.1, -0.05) is 23.7 Å². The molecule has 0 aliphatic rings. The van der Waals surface area contributed by atoms with Crippen LogP contribution in [0.4, 0.5) is 13.2 Å². The number of carboxylic acid groups (broad SMARTS) is 1. The van der Waals surface area contributed by atoms with Crippen molar-refractivity contribution < 1.29 is 27.3 Å². The molecule has 0 aromatic heterocycles. The molecule has 0 aliphatic heterocycles. The number of benzene rings is 1. The topological polar surface area (TPSA) is 104 Å². The molecule has 1 aromatic carbocycles. The molecule has 10 heteroatoms. The van der Waals surface area contributed by atoms with Crippen molar-refractivity contribution in [3.05, 3.63) is 34.9 Å². The number of hydrogen-bond acceptors (Lipinski definition) is 4. The van der Waals surface area contributed by atoms with Gasteiger partial charge in [0.2, 0.25) is 0 Å². The Morgan fingerprint density at radius 3 is 2.21 bits per heavy atom. The van der Waals surface area contributed by atoms with Gasteiger partial charge in [0, 0.05) is 26.3 Å². The molecule has 1 rings (SSSR count). The average molecular weight is 387 g/mol. The maximum absolute atomic E-state index is 13.2. The largest absolute Gasteiger partial charge is 0.480 e. The highest BCUT2D eigenvalue weighted by Gasteiger charge is 2.40. The predicted molar refractivity (Wildman–Crippen MR) is 85.7 cm³/mol. The number of nitrogens with two attached hydrogens (primary N) is 1. The summed E-state index contributed by atoms with van der Waals surface area (Å²) >= 11 is 5.66. The van der Waals surface area contributed by atoms with Crippen LogP contribution >= 0.6 is 11.6 Å². The van der Waals surface area contributed by atoms with E-state index in [1.807, 2.05) is 0 Å². The van der Waals surface area contributed by atoms with Gasteiger partial charge in [-0.15, -0.1) is 0 Å². The highest BCUT2D eigenvalue weighted by atomic mass is 35.5. The SMILES string of the molecule is N=S(=O)(CCC(c1ccc(Cl)cc1)C(F)(F)F)CC[C@H](N)C(=O)O. The van der Waals surface area contributed by atoms with Crippen molar-refractivity contribution in [2.24, 2.45) is 5.73 Å². The van der Waals surface area contributed by atoms with Crippen molar-refractivity contribution in [3.63, 3.8) is 0 Å². The number of carbonyl (C=O) groups is 1. The Labute approximate surface area is 143 Å². The minimum Gasteiger partial charge on any atom is -0.480 e. The van der Waals surface area contributed by atoms with Crippen LogP contribution in [0.1, 0.15) is 24.3 Å². The predicted octanol–water partition coefficient (Wildman–Crippen LogP) is 3.22. The van der Waals surface area contributed by atoms with Crippen molar-refractivity contribution >= 4 is 27.3 Å². The molecule has 0 heterocycles. The third-order valence-electron chi connectivity index (χ3n) is 3.48. The second-order valence-electron chi connectivity index (χ2n) is 5.39. The lowest BCUT2D eigenvalue weighted by Gasteiger charge is -2.21. The Morgan fingerprint density at radius 2 is 1.75 bits per heavy atom. The molecule has 2 unspecified atom stereocenters. The van der Waals surface area contributed by atoms with E-state index in [0.29, 0.717) is 5.02 Å². The van der Waals surface area contributed by atoms with Crippen LogP contribution in [0.25, 0.3) is 0 Å². The van der Waals surface area contributed by atoms with Crippen molar-refractivity contribution in [2.75, 3.05) is 11.5 Å². The average Bonchev–Trinajstić information content (AvgIpc) is 2.45. The lowest BCUT2D eigenvalue weighted by atomic mass is 9.96. The Bertz CT molecular complexity index is 663. The van der Waals surface area contributed by atoms with E-state index in [-0.39, 0.29) is 17.7 Å². The molecule has 0 bridgehead atoms. The van der Waals surface area contributed by atoms with Gasteiger partial charge in [-0.3, -0.25) is 9.57 Å². The Kier molecular flexibility index (Phi) is 7.06. The molecule has 5 nitrogen and oxygen atoms in total. The Balaban J connectivity index is 2.78. The molecule has 1 aromatic rings. The Hall–Kier alpha value is -1.32. The fraction of sp³-hybridized carbons (Fsp3) is 0.500. The van der Waals surface area contributed by atoms with E-state index >= 15 is 0 Å². The summed E-state index contributed by atoms with van der Waals surface area (Å²) in [6.07, 6.45) is -5.31. The van der Waals surface area contributed by atoms with Crippen LogP contribution in [-0.4, -0.2) is 39.0 Å². The van der Waals surface area contributed by atoms with Crippen LogP contribution in [0.5, 0.6) is 0 Å². The number of halogens is 4. The summed E-state index contributed by atoms with van der Waals surface area (Å²) in [7, 11) is -3.35. The lowest BCUT2D eigenvalue weighted by Crippen LogP contribution is -2.32. The normalized spacial score (nSPS) is 17.0. The quantitative estimate of drug-likeness (QED) is 0.638. The van der Waals surface area contributed by atoms with E-state index in [1.165, 1.54) is 24.3 Å². The number of rotatable bonds is 8. The first-order valence-electron chi connectivity index (χ1n) is 6.97. The lowest BCUT2D eigenvalue weighted by molar-refractivity contribution is -0.150. The molecule has 4 N–H and O–H groups in total. The molecule has 0 fully saturated rings. The van der Waals surface area contributed by atoms with E-state index in [4.69, 9.17) is 27.2 Å². The van der Waals surface area contributed by atoms with Gasteiger partial charge in [0.1, 0.15) is 6.04 Å². The molecule has 0 saturated heterocycles. The van der Waals surface area contributed by atoms with Gasteiger partial charge in [0.25, 0.3) is 0 Å². The number of carboxylic acids is 1. The zero-order chi connectivity index (χ0) is 18.5. The van der Waals surface area contributed by atoms with E-state index in [0.717, 1.165) is 0 Å². The molecular weight excluding hydrogens is 369 g/mol. The molecule has 3 atom stereocenters. The molecule has 24 heavy (non-hydrogen) atoms. The van der Waals surface area contributed by atoms with Crippen molar-refractivity contribution in [1.29, 1.82) is 4.78 Å². The van der Waals surface area contributed by atoms with Gasteiger partial charge in [0.15, 0.2) is 0 Å². The van der Waals surface area contributed by atoms with Crippen LogP contribution in [0.3, 0.4) is 0 Å². The molecule has 0 amide bonds. The first kappa shape index (κ1) is 20.7. The third-order valence-corrected chi connectivity index (χ3v) is 5.52. The molecular formula is C14H18ClF3N2O3S. The monoisotopic (exact) mass is 386 g/mol.